The van der Waals surface area contributed by atoms with Crippen molar-refractivity contribution in [3.05, 3.63) is 0 Å². The maximum atomic E-state index is 11.0. The molecule has 3 heteroatoms. The number of rotatable bonds is 1. The second kappa shape index (κ2) is 1.72. The first kappa shape index (κ1) is 6.16. The lowest BCUT2D eigenvalue weighted by Crippen LogP contribution is -2.43. The van der Waals surface area contributed by atoms with Crippen LogP contribution in [-0.2, 0) is 4.79 Å². The number of hydrogen-bond acceptors (Lipinski definition) is 2. The molecule has 0 bridgehead atoms. The average Bonchev–Trinajstić information content (AvgIpc) is 2.06. The Labute approximate surface area is 59.4 Å². The second-order valence-electron chi connectivity index (χ2n) is 3.33. The van der Waals surface area contributed by atoms with Crippen LogP contribution in [0.1, 0.15) is 12.8 Å². The van der Waals surface area contributed by atoms with Crippen LogP contribution in [0.25, 0.3) is 0 Å². The van der Waals surface area contributed by atoms with Crippen LogP contribution in [0.3, 0.4) is 0 Å². The zero-order valence-corrected chi connectivity index (χ0v) is 5.76. The number of amides is 1. The number of hydrogen-bond donors (Lipinski definition) is 2. The molecule has 56 valence electrons. The van der Waals surface area contributed by atoms with Gasteiger partial charge >= 0.3 is 0 Å². The highest BCUT2D eigenvalue weighted by molar-refractivity contribution is 5.83. The van der Waals surface area contributed by atoms with E-state index in [4.69, 9.17) is 5.11 Å². The quantitative estimate of drug-likeness (QED) is 0.517. The minimum Gasteiger partial charge on any atom is -0.396 e. The van der Waals surface area contributed by atoms with Crippen molar-refractivity contribution in [3.63, 3.8) is 0 Å². The van der Waals surface area contributed by atoms with Gasteiger partial charge in [-0.3, -0.25) is 4.79 Å². The molecule has 0 aromatic rings. The van der Waals surface area contributed by atoms with E-state index in [1.807, 2.05) is 0 Å². The Morgan fingerprint density at radius 2 is 2.60 bits per heavy atom. The van der Waals surface area contributed by atoms with Crippen LogP contribution in [0.4, 0.5) is 0 Å². The van der Waals surface area contributed by atoms with Gasteiger partial charge in [0.2, 0.25) is 5.91 Å². The van der Waals surface area contributed by atoms with E-state index < -0.39 is 0 Å². The molecule has 0 aromatic heterocycles. The molecule has 1 saturated carbocycles. The average molecular weight is 141 g/mol. The molecule has 10 heavy (non-hydrogen) atoms. The summed E-state index contributed by atoms with van der Waals surface area (Å²) in [6.45, 7) is 0.851. The highest BCUT2D eigenvalue weighted by atomic mass is 16.3. The summed E-state index contributed by atoms with van der Waals surface area (Å²) >= 11 is 0. The summed E-state index contributed by atoms with van der Waals surface area (Å²) in [6.07, 6.45) is 1.97. The van der Waals surface area contributed by atoms with Gasteiger partial charge in [-0.1, -0.05) is 0 Å². The van der Waals surface area contributed by atoms with E-state index in [-0.39, 0.29) is 23.8 Å². The molecule has 1 aliphatic carbocycles. The molecule has 2 atom stereocenters. The van der Waals surface area contributed by atoms with E-state index in [1.165, 1.54) is 0 Å². The van der Waals surface area contributed by atoms with E-state index in [9.17, 15) is 4.79 Å². The standard InChI is InChI=1S/C7H11NO2/c9-4-7-2-1-5(7)6(10)8-3-7/h5,9H,1-4H2,(H,8,10). The lowest BCUT2D eigenvalue weighted by molar-refractivity contribution is -0.129. The molecule has 2 N–H and O–H groups in total. The van der Waals surface area contributed by atoms with Gasteiger partial charge < -0.3 is 10.4 Å². The number of nitrogens with one attached hydrogen (secondary N) is 1. The molecule has 3 nitrogen and oxygen atoms in total. The fourth-order valence-electron chi connectivity index (χ4n) is 1.95. The summed E-state index contributed by atoms with van der Waals surface area (Å²) in [4.78, 5) is 11.0. The van der Waals surface area contributed by atoms with Crippen molar-refractivity contribution >= 4 is 5.91 Å². The van der Waals surface area contributed by atoms with E-state index in [1.54, 1.807) is 0 Å². The first-order valence-electron chi connectivity index (χ1n) is 3.67. The van der Waals surface area contributed by atoms with Crippen LogP contribution < -0.4 is 5.32 Å². The minimum absolute atomic E-state index is 0.0584. The van der Waals surface area contributed by atoms with Crippen LogP contribution in [0.15, 0.2) is 0 Å². The largest absolute Gasteiger partial charge is 0.396 e. The van der Waals surface area contributed by atoms with Crippen molar-refractivity contribution in [3.8, 4) is 0 Å². The third-order valence-electron chi connectivity index (χ3n) is 2.92. The molecular weight excluding hydrogens is 130 g/mol. The van der Waals surface area contributed by atoms with E-state index in [0.717, 1.165) is 12.8 Å². The third kappa shape index (κ3) is 0.515. The van der Waals surface area contributed by atoms with Gasteiger partial charge in [0.1, 0.15) is 0 Å². The van der Waals surface area contributed by atoms with Crippen molar-refractivity contribution in [2.24, 2.45) is 11.3 Å². The molecule has 2 aliphatic rings. The van der Waals surface area contributed by atoms with Gasteiger partial charge in [-0.25, -0.2) is 0 Å². The highest BCUT2D eigenvalue weighted by Gasteiger charge is 2.54. The van der Waals surface area contributed by atoms with Gasteiger partial charge in [-0.05, 0) is 12.8 Å². The van der Waals surface area contributed by atoms with E-state index >= 15 is 0 Å². The van der Waals surface area contributed by atoms with Gasteiger partial charge in [0.25, 0.3) is 0 Å². The maximum absolute atomic E-state index is 11.0. The molecule has 0 radical (unpaired) electrons. The highest BCUT2D eigenvalue weighted by Crippen LogP contribution is 2.48. The topological polar surface area (TPSA) is 49.3 Å². The van der Waals surface area contributed by atoms with Gasteiger partial charge in [-0.2, -0.15) is 0 Å². The fourth-order valence-corrected chi connectivity index (χ4v) is 1.95. The summed E-state index contributed by atoms with van der Waals surface area (Å²) in [5.74, 6) is 0.262. The van der Waals surface area contributed by atoms with Crippen molar-refractivity contribution in [1.29, 1.82) is 0 Å². The van der Waals surface area contributed by atoms with E-state index in [2.05, 4.69) is 5.32 Å². The Balaban J connectivity index is 2.19. The number of fused-ring (bicyclic) bond motifs is 1. The molecule has 1 heterocycles. The molecular formula is C7H11NO2. The summed E-state index contributed by atoms with van der Waals surface area (Å²) in [5.41, 5.74) is -0.0584. The third-order valence-corrected chi connectivity index (χ3v) is 2.92. The Kier molecular flexibility index (Phi) is 1.06. The summed E-state index contributed by atoms with van der Waals surface area (Å²) in [5, 5.41) is 11.7. The van der Waals surface area contributed by atoms with Crippen LogP contribution in [0.2, 0.25) is 0 Å². The number of aliphatic hydroxyl groups is 1. The van der Waals surface area contributed by atoms with E-state index in [0.29, 0.717) is 6.54 Å². The van der Waals surface area contributed by atoms with Gasteiger partial charge in [0.05, 0.1) is 6.61 Å². The first-order valence-corrected chi connectivity index (χ1v) is 3.67. The summed E-state index contributed by atoms with van der Waals surface area (Å²) in [7, 11) is 0. The second-order valence-corrected chi connectivity index (χ2v) is 3.33. The summed E-state index contributed by atoms with van der Waals surface area (Å²) < 4.78 is 0. The SMILES string of the molecule is O=C1NCC2(CO)CCC12. The number of aliphatic hydroxyl groups excluding tert-OH is 1. The molecule has 1 aliphatic heterocycles. The van der Waals surface area contributed by atoms with Crippen molar-refractivity contribution in [2.45, 2.75) is 12.8 Å². The Morgan fingerprint density at radius 1 is 1.80 bits per heavy atom. The molecule has 0 aromatic carbocycles. The molecule has 0 spiro atoms. The maximum Gasteiger partial charge on any atom is 0.223 e. The zero-order chi connectivity index (χ0) is 7.19. The van der Waals surface area contributed by atoms with Crippen LogP contribution >= 0.6 is 0 Å². The van der Waals surface area contributed by atoms with Crippen molar-refractivity contribution in [2.75, 3.05) is 13.2 Å². The number of carbonyl (C=O) groups excluding carboxylic acids is 1. The van der Waals surface area contributed by atoms with Gasteiger partial charge in [0.15, 0.2) is 0 Å². The van der Waals surface area contributed by atoms with Crippen molar-refractivity contribution in [1.82, 2.24) is 5.32 Å². The molecule has 2 fully saturated rings. The molecule has 1 saturated heterocycles. The first-order chi connectivity index (χ1) is 4.78. The summed E-state index contributed by atoms with van der Waals surface area (Å²) in [6, 6.07) is 0. The Bertz CT molecular complexity index is 176. The van der Waals surface area contributed by atoms with Crippen molar-refractivity contribution < 1.29 is 9.90 Å². The van der Waals surface area contributed by atoms with Gasteiger partial charge in [0, 0.05) is 17.9 Å². The lowest BCUT2D eigenvalue weighted by Gasteiger charge is -2.40. The predicted octanol–water partition coefficient (Wildman–Crippen LogP) is -0.495. The monoisotopic (exact) mass is 141 g/mol. The molecule has 2 unspecified atom stereocenters. The predicted molar refractivity (Wildman–Crippen MR) is 35.3 cm³/mol. The normalized spacial score (nSPS) is 44.1. The minimum atomic E-state index is -0.0584. The molecule has 1 amide bonds. The smallest absolute Gasteiger partial charge is 0.223 e. The fraction of sp³-hybridized carbons (Fsp3) is 0.857. The lowest BCUT2D eigenvalue weighted by atomic mass is 9.62. The van der Waals surface area contributed by atoms with Crippen LogP contribution in [-0.4, -0.2) is 24.2 Å². The van der Waals surface area contributed by atoms with Gasteiger partial charge in [-0.15, -0.1) is 0 Å². The number of carbonyl (C=O) groups is 1. The Morgan fingerprint density at radius 3 is 2.90 bits per heavy atom. The molecule has 2 rings (SSSR count). The Hall–Kier alpha value is -0.570. The van der Waals surface area contributed by atoms with Crippen LogP contribution in [0.5, 0.6) is 0 Å². The zero-order valence-electron chi connectivity index (χ0n) is 5.76. The van der Waals surface area contributed by atoms with Crippen LogP contribution in [0, 0.1) is 11.3 Å².